The highest BCUT2D eigenvalue weighted by Gasteiger charge is 2.15. The average molecular weight is 397 g/mol. The maximum atomic E-state index is 12.0. The van der Waals surface area contributed by atoms with Gasteiger partial charge in [0.1, 0.15) is 24.1 Å². The van der Waals surface area contributed by atoms with Crippen molar-refractivity contribution in [2.75, 3.05) is 0 Å². The number of nitrogens with two attached hydrogens (primary N) is 1. The highest BCUT2D eigenvalue weighted by Crippen LogP contribution is 2.21. The fourth-order valence-electron chi connectivity index (χ4n) is 2.66. The highest BCUT2D eigenvalue weighted by molar-refractivity contribution is 6.24. The van der Waals surface area contributed by atoms with Crippen LogP contribution in [-0.4, -0.2) is 24.1 Å². The van der Waals surface area contributed by atoms with Crippen LogP contribution in [0.1, 0.15) is 43.7 Å². The molecule has 0 bridgehead atoms. The van der Waals surface area contributed by atoms with E-state index < -0.39 is 17.8 Å². The van der Waals surface area contributed by atoms with E-state index >= 15 is 0 Å². The molecule has 0 aliphatic heterocycles. The summed E-state index contributed by atoms with van der Waals surface area (Å²) in [5, 5.41) is 0. The van der Waals surface area contributed by atoms with Gasteiger partial charge in [-0.1, -0.05) is 50.1 Å². The summed E-state index contributed by atoms with van der Waals surface area (Å²) in [5.74, 6) is 0.135. The third-order valence-corrected chi connectivity index (χ3v) is 4.42. The summed E-state index contributed by atoms with van der Waals surface area (Å²) in [4.78, 5) is 33.4. The van der Waals surface area contributed by atoms with Gasteiger partial charge in [-0.2, -0.15) is 0 Å². The Kier molecular flexibility index (Phi) is 9.05. The van der Waals surface area contributed by atoms with Crippen LogP contribution in [-0.2, 0) is 27.4 Å². The van der Waals surface area contributed by atoms with Crippen molar-refractivity contribution in [1.82, 2.24) is 0 Å². The summed E-state index contributed by atoms with van der Waals surface area (Å²) >= 11 is 0. The molecule has 0 fully saturated rings. The van der Waals surface area contributed by atoms with Crippen molar-refractivity contribution in [3.05, 3.63) is 59.7 Å². The largest absolute Gasteiger partial charge is 0.489 e. The van der Waals surface area contributed by atoms with Crippen molar-refractivity contribution in [3.8, 4) is 11.5 Å². The molecule has 154 valence electrons. The maximum absolute atomic E-state index is 12.0. The Bertz CT molecular complexity index is 816. The number of hydrogen-bond donors (Lipinski definition) is 1. The summed E-state index contributed by atoms with van der Waals surface area (Å²) in [5.41, 5.74) is 7.78. The van der Waals surface area contributed by atoms with Gasteiger partial charge in [-0.3, -0.25) is 9.59 Å². The molecule has 0 aliphatic carbocycles. The van der Waals surface area contributed by atoms with Crippen molar-refractivity contribution in [3.63, 3.8) is 0 Å². The number of hydrogen-bond acceptors (Lipinski definition) is 6. The molecule has 2 aromatic rings. The van der Waals surface area contributed by atoms with E-state index in [9.17, 15) is 14.4 Å². The minimum Gasteiger partial charge on any atom is -0.489 e. The number of ether oxygens (including phenoxy) is 2. The van der Waals surface area contributed by atoms with Gasteiger partial charge in [0.25, 0.3) is 0 Å². The fourth-order valence-corrected chi connectivity index (χ4v) is 2.66. The second-order valence-corrected chi connectivity index (χ2v) is 6.83. The summed E-state index contributed by atoms with van der Waals surface area (Å²) in [6.45, 7) is 2.39. The van der Waals surface area contributed by atoms with Crippen LogP contribution in [0.4, 0.5) is 0 Å². The second kappa shape index (κ2) is 11.8. The van der Waals surface area contributed by atoms with Gasteiger partial charge in [-0.15, -0.1) is 0 Å². The molecule has 6 nitrogen and oxygen atoms in total. The average Bonchev–Trinajstić information content (AvgIpc) is 2.75. The molecule has 29 heavy (non-hydrogen) atoms. The maximum Gasteiger partial charge on any atom is 0.328 e. The fraction of sp³-hybridized carbons (Fsp3) is 0.348. The summed E-state index contributed by atoms with van der Waals surface area (Å²) in [6.07, 6.45) is 3.56. The number of carbonyl (C=O) groups excluding carboxylic acids is 3. The van der Waals surface area contributed by atoms with E-state index in [1.165, 1.54) is 0 Å². The van der Waals surface area contributed by atoms with Gasteiger partial charge in [-0.05, 0) is 36.1 Å². The zero-order valence-electron chi connectivity index (χ0n) is 16.6. The molecule has 0 radical (unpaired) electrons. The van der Waals surface area contributed by atoms with Crippen molar-refractivity contribution < 1.29 is 23.9 Å². The van der Waals surface area contributed by atoms with Crippen LogP contribution in [0.15, 0.2) is 48.5 Å². The number of esters is 1. The lowest BCUT2D eigenvalue weighted by Crippen LogP contribution is -2.34. The number of Topliss-reactive ketones (excluding diaryl/α,β-unsaturated/α-hetero) is 1. The summed E-state index contributed by atoms with van der Waals surface area (Å²) < 4.78 is 11.1. The van der Waals surface area contributed by atoms with Crippen LogP contribution in [0.25, 0.3) is 0 Å². The molecule has 0 saturated heterocycles. The SMILES string of the molecule is CCCCC(N)C(=O)Oc1cccc(OCc2ccc(CCC(=O)C=O)cc2)c1. The smallest absolute Gasteiger partial charge is 0.328 e. The minimum absolute atomic E-state index is 0.215. The third-order valence-electron chi connectivity index (χ3n) is 4.42. The molecular formula is C23H27NO5. The Hall–Kier alpha value is -2.99. The van der Waals surface area contributed by atoms with E-state index in [0.29, 0.717) is 37.2 Å². The summed E-state index contributed by atoms with van der Waals surface area (Å²) in [7, 11) is 0. The van der Waals surface area contributed by atoms with Gasteiger partial charge in [0, 0.05) is 12.5 Å². The molecule has 0 heterocycles. The van der Waals surface area contributed by atoms with Gasteiger partial charge >= 0.3 is 5.97 Å². The van der Waals surface area contributed by atoms with E-state index in [0.717, 1.165) is 24.0 Å². The van der Waals surface area contributed by atoms with Crippen LogP contribution in [0.5, 0.6) is 11.5 Å². The molecule has 0 aliphatic rings. The first-order valence-corrected chi connectivity index (χ1v) is 9.77. The van der Waals surface area contributed by atoms with Crippen molar-refractivity contribution in [2.24, 2.45) is 5.73 Å². The van der Waals surface area contributed by atoms with Crippen LogP contribution < -0.4 is 15.2 Å². The lowest BCUT2D eigenvalue weighted by Gasteiger charge is -2.12. The van der Waals surface area contributed by atoms with Gasteiger partial charge in [0.15, 0.2) is 12.1 Å². The lowest BCUT2D eigenvalue weighted by atomic mass is 10.1. The van der Waals surface area contributed by atoms with Gasteiger partial charge in [-0.25, -0.2) is 4.79 Å². The Balaban J connectivity index is 1.86. The van der Waals surface area contributed by atoms with E-state index in [1.807, 2.05) is 31.2 Å². The molecule has 0 aromatic heterocycles. The zero-order chi connectivity index (χ0) is 21.1. The third kappa shape index (κ3) is 7.87. The van der Waals surface area contributed by atoms with Crippen LogP contribution in [0, 0.1) is 0 Å². The molecule has 2 rings (SSSR count). The number of aryl methyl sites for hydroxylation is 1. The van der Waals surface area contributed by atoms with Gasteiger partial charge in [0.2, 0.25) is 0 Å². The number of aldehydes is 1. The molecule has 2 aromatic carbocycles. The Morgan fingerprint density at radius 2 is 1.76 bits per heavy atom. The first-order valence-electron chi connectivity index (χ1n) is 9.77. The number of unbranched alkanes of at least 4 members (excludes halogenated alkanes) is 1. The van der Waals surface area contributed by atoms with Gasteiger partial charge < -0.3 is 15.2 Å². The molecule has 2 N–H and O–H groups in total. The predicted octanol–water partition coefficient (Wildman–Crippen LogP) is 3.39. The lowest BCUT2D eigenvalue weighted by molar-refractivity contribution is -0.136. The first-order chi connectivity index (χ1) is 14.0. The first kappa shape index (κ1) is 22.3. The highest BCUT2D eigenvalue weighted by atomic mass is 16.5. The Morgan fingerprint density at radius 1 is 1.07 bits per heavy atom. The monoisotopic (exact) mass is 397 g/mol. The number of rotatable bonds is 12. The molecule has 0 spiro atoms. The minimum atomic E-state index is -0.625. The molecule has 1 atom stereocenters. The standard InChI is InChI=1S/C23H27NO5/c1-2-3-7-22(24)23(27)29-21-6-4-5-20(14-21)28-16-18-10-8-17(9-11-18)12-13-19(26)15-25/h4-6,8-11,14-15,22H,2-3,7,12-13,16,24H2,1H3. The van der Waals surface area contributed by atoms with Crippen molar-refractivity contribution in [2.45, 2.75) is 51.7 Å². The Labute approximate surface area is 171 Å². The molecule has 0 saturated carbocycles. The summed E-state index contributed by atoms with van der Waals surface area (Å²) in [6, 6.07) is 13.9. The van der Waals surface area contributed by atoms with E-state index in [4.69, 9.17) is 15.2 Å². The van der Waals surface area contributed by atoms with E-state index in [2.05, 4.69) is 0 Å². The second-order valence-electron chi connectivity index (χ2n) is 6.83. The number of ketones is 1. The van der Waals surface area contributed by atoms with E-state index in [1.54, 1.807) is 24.3 Å². The number of carbonyl (C=O) groups is 3. The van der Waals surface area contributed by atoms with E-state index in [-0.39, 0.29) is 6.42 Å². The van der Waals surface area contributed by atoms with Crippen LogP contribution in [0.2, 0.25) is 0 Å². The quantitative estimate of drug-likeness (QED) is 0.255. The van der Waals surface area contributed by atoms with Crippen LogP contribution >= 0.6 is 0 Å². The molecular weight excluding hydrogens is 370 g/mol. The normalized spacial score (nSPS) is 11.5. The molecule has 1 unspecified atom stereocenters. The van der Waals surface area contributed by atoms with Crippen molar-refractivity contribution in [1.29, 1.82) is 0 Å². The molecule has 0 amide bonds. The van der Waals surface area contributed by atoms with Crippen molar-refractivity contribution >= 4 is 18.0 Å². The molecule has 6 heteroatoms. The van der Waals surface area contributed by atoms with Gasteiger partial charge in [0.05, 0.1) is 0 Å². The van der Waals surface area contributed by atoms with Crippen LogP contribution in [0.3, 0.4) is 0 Å². The topological polar surface area (TPSA) is 95.7 Å². The Morgan fingerprint density at radius 3 is 2.45 bits per heavy atom. The zero-order valence-corrected chi connectivity index (χ0v) is 16.6. The number of benzene rings is 2. The predicted molar refractivity (Wildman–Crippen MR) is 110 cm³/mol.